The number of halogens is 1. The molecule has 5 heterocycles. The summed E-state index contributed by atoms with van der Waals surface area (Å²) in [7, 11) is 0. The molecule has 4 aromatic heterocycles. The van der Waals surface area contributed by atoms with Crippen LogP contribution in [0.2, 0.25) is 5.02 Å². The molecule has 0 atom stereocenters. The zero-order valence-electron chi connectivity index (χ0n) is 15.8. The fourth-order valence-electron chi connectivity index (χ4n) is 3.65. The van der Waals surface area contributed by atoms with E-state index in [9.17, 15) is 0 Å². The molecule has 0 saturated carbocycles. The zero-order chi connectivity index (χ0) is 19.3. The van der Waals surface area contributed by atoms with Gasteiger partial charge in [0.15, 0.2) is 11.3 Å². The number of nitrogens with zero attached hydrogens (tertiary/aromatic N) is 6. The Morgan fingerprint density at radius 2 is 1.86 bits per heavy atom. The molecule has 5 rings (SSSR count). The van der Waals surface area contributed by atoms with E-state index in [4.69, 9.17) is 16.6 Å². The van der Waals surface area contributed by atoms with Crippen molar-refractivity contribution in [3.05, 3.63) is 46.9 Å². The second-order valence-corrected chi connectivity index (χ2v) is 7.56. The summed E-state index contributed by atoms with van der Waals surface area (Å²) in [5.41, 5.74) is 5.98. The number of imidazole rings is 1. The van der Waals surface area contributed by atoms with E-state index in [0.717, 1.165) is 59.9 Å². The number of piperazine rings is 1. The van der Waals surface area contributed by atoms with Crippen LogP contribution in [0.25, 0.3) is 28.1 Å². The fourth-order valence-corrected chi connectivity index (χ4v) is 3.90. The van der Waals surface area contributed by atoms with Crippen molar-refractivity contribution in [2.75, 3.05) is 31.1 Å². The van der Waals surface area contributed by atoms with Crippen LogP contribution >= 0.6 is 11.6 Å². The van der Waals surface area contributed by atoms with E-state index in [0.29, 0.717) is 16.4 Å². The average molecular weight is 394 g/mol. The van der Waals surface area contributed by atoms with Crippen molar-refractivity contribution in [1.82, 2.24) is 29.9 Å². The third-order valence-electron chi connectivity index (χ3n) is 5.07. The molecule has 142 valence electrons. The highest BCUT2D eigenvalue weighted by molar-refractivity contribution is 6.35. The molecule has 0 unspecified atom stereocenters. The van der Waals surface area contributed by atoms with Gasteiger partial charge in [0.25, 0.3) is 0 Å². The van der Waals surface area contributed by atoms with Crippen molar-refractivity contribution in [2.24, 2.45) is 0 Å². The lowest BCUT2D eigenvalue weighted by Gasteiger charge is -2.29. The molecule has 1 fully saturated rings. The van der Waals surface area contributed by atoms with Crippen molar-refractivity contribution in [3.63, 3.8) is 0 Å². The first-order valence-electron chi connectivity index (χ1n) is 9.34. The normalized spacial score (nSPS) is 14.9. The van der Waals surface area contributed by atoms with Crippen molar-refractivity contribution >= 4 is 34.0 Å². The summed E-state index contributed by atoms with van der Waals surface area (Å²) in [6.45, 7) is 7.86. The molecule has 0 aliphatic carbocycles. The maximum Gasteiger partial charge on any atom is 0.161 e. The van der Waals surface area contributed by atoms with Crippen LogP contribution in [-0.4, -0.2) is 50.7 Å². The molecule has 0 bridgehead atoms. The van der Waals surface area contributed by atoms with Gasteiger partial charge in [0.1, 0.15) is 5.69 Å². The van der Waals surface area contributed by atoms with Crippen LogP contribution in [0, 0.1) is 13.8 Å². The van der Waals surface area contributed by atoms with Gasteiger partial charge in [0.2, 0.25) is 0 Å². The van der Waals surface area contributed by atoms with Crippen molar-refractivity contribution < 1.29 is 0 Å². The quantitative estimate of drug-likeness (QED) is 0.564. The third kappa shape index (κ3) is 2.96. The highest BCUT2D eigenvalue weighted by Gasteiger charge is 2.15. The van der Waals surface area contributed by atoms with E-state index in [2.05, 4.69) is 31.3 Å². The maximum atomic E-state index is 6.63. The predicted octanol–water partition coefficient (Wildman–Crippen LogP) is 3.02. The third-order valence-corrected chi connectivity index (χ3v) is 5.39. The molecule has 1 N–H and O–H groups in total. The molecule has 28 heavy (non-hydrogen) atoms. The van der Waals surface area contributed by atoms with Gasteiger partial charge in [-0.25, -0.2) is 19.5 Å². The summed E-state index contributed by atoms with van der Waals surface area (Å²) < 4.78 is 1.79. The largest absolute Gasteiger partial charge is 0.368 e. The van der Waals surface area contributed by atoms with Crippen molar-refractivity contribution in [2.45, 2.75) is 13.8 Å². The SMILES string of the molecule is Cc1cn2nc(-c3cc(Cl)c4cc(N5CCNCC5)cnc4n3)cc(C)c2n1. The van der Waals surface area contributed by atoms with E-state index in [1.165, 1.54) is 0 Å². The number of aryl methyl sites for hydroxylation is 2. The second kappa shape index (κ2) is 6.68. The highest BCUT2D eigenvalue weighted by Crippen LogP contribution is 2.29. The zero-order valence-corrected chi connectivity index (χ0v) is 16.5. The van der Waals surface area contributed by atoms with Crippen LogP contribution in [0.1, 0.15) is 11.3 Å². The van der Waals surface area contributed by atoms with Crippen molar-refractivity contribution in [3.8, 4) is 11.4 Å². The Hall–Kier alpha value is -2.77. The summed E-state index contributed by atoms with van der Waals surface area (Å²) >= 11 is 6.63. The van der Waals surface area contributed by atoms with E-state index >= 15 is 0 Å². The van der Waals surface area contributed by atoms with E-state index in [1.54, 1.807) is 4.52 Å². The first-order chi connectivity index (χ1) is 13.6. The van der Waals surface area contributed by atoms with Gasteiger partial charge < -0.3 is 10.2 Å². The van der Waals surface area contributed by atoms with Crippen LogP contribution in [0.3, 0.4) is 0 Å². The molecule has 4 aromatic rings. The number of hydrogen-bond donors (Lipinski definition) is 1. The number of pyridine rings is 2. The lowest BCUT2D eigenvalue weighted by atomic mass is 10.2. The van der Waals surface area contributed by atoms with Crippen molar-refractivity contribution in [1.29, 1.82) is 0 Å². The second-order valence-electron chi connectivity index (χ2n) is 7.15. The minimum absolute atomic E-state index is 0.628. The minimum atomic E-state index is 0.628. The minimum Gasteiger partial charge on any atom is -0.368 e. The van der Waals surface area contributed by atoms with Gasteiger partial charge in [-0.2, -0.15) is 5.10 Å². The van der Waals surface area contributed by atoms with Crippen LogP contribution in [0.5, 0.6) is 0 Å². The molecule has 0 amide bonds. The molecule has 1 aliphatic rings. The first kappa shape index (κ1) is 17.3. The standard InChI is InChI=1S/C20H20ClN7/c1-12-7-18(26-28-11-13(2)24-20(12)28)17-9-16(21)15-8-14(10-23-19(15)25-17)27-5-3-22-4-6-27/h7-11,22H,3-6H2,1-2H3. The summed E-state index contributed by atoms with van der Waals surface area (Å²) in [4.78, 5) is 16.1. The Bertz CT molecular complexity index is 1190. The Balaban J connectivity index is 1.59. The van der Waals surface area contributed by atoms with Crippen LogP contribution in [0.4, 0.5) is 5.69 Å². The van der Waals surface area contributed by atoms with Gasteiger partial charge in [-0.15, -0.1) is 0 Å². The number of rotatable bonds is 2. The fraction of sp³-hybridized carbons (Fsp3) is 0.300. The molecule has 0 aromatic carbocycles. The summed E-state index contributed by atoms with van der Waals surface area (Å²) in [5.74, 6) is 0. The van der Waals surface area contributed by atoms with Gasteiger partial charge >= 0.3 is 0 Å². The number of hydrogen-bond acceptors (Lipinski definition) is 6. The Labute approximate surface area is 167 Å². The van der Waals surface area contributed by atoms with E-state index in [-0.39, 0.29) is 0 Å². The number of aromatic nitrogens is 5. The Morgan fingerprint density at radius 1 is 1.04 bits per heavy atom. The summed E-state index contributed by atoms with van der Waals surface area (Å²) in [6.07, 6.45) is 3.79. The molecule has 7 nitrogen and oxygen atoms in total. The molecular formula is C20H20ClN7. The monoisotopic (exact) mass is 393 g/mol. The van der Waals surface area contributed by atoms with Crippen LogP contribution < -0.4 is 10.2 Å². The number of fused-ring (bicyclic) bond motifs is 2. The van der Waals surface area contributed by atoms with E-state index < -0.39 is 0 Å². The summed E-state index contributed by atoms with van der Waals surface area (Å²) in [5, 5.41) is 9.51. The predicted molar refractivity (Wildman–Crippen MR) is 111 cm³/mol. The Kier molecular flexibility index (Phi) is 4.14. The molecule has 8 heteroatoms. The average Bonchev–Trinajstić information content (AvgIpc) is 3.09. The highest BCUT2D eigenvalue weighted by atomic mass is 35.5. The van der Waals surface area contributed by atoms with Gasteiger partial charge in [0, 0.05) is 31.6 Å². The van der Waals surface area contributed by atoms with E-state index in [1.807, 2.05) is 38.4 Å². The smallest absolute Gasteiger partial charge is 0.161 e. The Morgan fingerprint density at radius 3 is 2.68 bits per heavy atom. The van der Waals surface area contributed by atoms with Crippen LogP contribution in [0.15, 0.2) is 30.6 Å². The molecule has 1 saturated heterocycles. The molecule has 1 aliphatic heterocycles. The summed E-state index contributed by atoms with van der Waals surface area (Å²) in [6, 6.07) is 5.93. The van der Waals surface area contributed by atoms with Gasteiger partial charge in [-0.3, -0.25) is 0 Å². The lowest BCUT2D eigenvalue weighted by molar-refractivity contribution is 0.589. The number of anilines is 1. The van der Waals surface area contributed by atoms with Gasteiger partial charge in [-0.05, 0) is 37.6 Å². The number of nitrogens with one attached hydrogen (secondary N) is 1. The molecule has 0 spiro atoms. The molecule has 0 radical (unpaired) electrons. The maximum absolute atomic E-state index is 6.63. The first-order valence-corrected chi connectivity index (χ1v) is 9.72. The lowest BCUT2D eigenvalue weighted by Crippen LogP contribution is -2.43. The van der Waals surface area contributed by atoms with Gasteiger partial charge in [-0.1, -0.05) is 11.6 Å². The topological polar surface area (TPSA) is 71.2 Å². The molecular weight excluding hydrogens is 374 g/mol. The van der Waals surface area contributed by atoms with Gasteiger partial charge in [0.05, 0.1) is 34.5 Å². The van der Waals surface area contributed by atoms with Crippen LogP contribution in [-0.2, 0) is 0 Å².